The summed E-state index contributed by atoms with van der Waals surface area (Å²) >= 11 is 0. The van der Waals surface area contributed by atoms with E-state index in [1.807, 2.05) is 13.8 Å². The molecule has 164 valence electrons. The Morgan fingerprint density at radius 3 is 2.66 bits per heavy atom. The van der Waals surface area contributed by atoms with Crippen molar-refractivity contribution in [3.8, 4) is 0 Å². The predicted octanol–water partition coefficient (Wildman–Crippen LogP) is 4.60. The molecule has 3 fully saturated rings. The number of hydrogen-bond acceptors (Lipinski definition) is 3. The fraction of sp³-hybridized carbons (Fsp3) is 0.857. The minimum atomic E-state index is -4.41. The largest absolute Gasteiger partial charge is 0.435 e. The second kappa shape index (κ2) is 7.66. The van der Waals surface area contributed by atoms with Crippen LogP contribution in [-0.4, -0.2) is 49.5 Å². The highest BCUT2D eigenvalue weighted by atomic mass is 32.2. The predicted molar refractivity (Wildman–Crippen MR) is 108 cm³/mol. The number of nitrogens with zero attached hydrogens (tertiary/aromatic N) is 3. The van der Waals surface area contributed by atoms with Gasteiger partial charge in [0.1, 0.15) is 0 Å². The number of rotatable bonds is 3. The van der Waals surface area contributed by atoms with Crippen LogP contribution in [0.25, 0.3) is 0 Å². The molecular formula is C21H32F3N3OS. The Hall–Kier alpha value is -0.890. The molecule has 3 unspecified atom stereocenters. The van der Waals surface area contributed by atoms with E-state index in [-0.39, 0.29) is 17.4 Å². The van der Waals surface area contributed by atoms with Crippen LogP contribution in [0, 0.1) is 11.3 Å². The van der Waals surface area contributed by atoms with Gasteiger partial charge in [0, 0.05) is 52.5 Å². The molecule has 0 N–H and O–H groups in total. The van der Waals surface area contributed by atoms with Crippen LogP contribution in [0.2, 0.25) is 0 Å². The van der Waals surface area contributed by atoms with Crippen molar-refractivity contribution < 1.29 is 17.4 Å². The first-order chi connectivity index (χ1) is 13.6. The maximum Gasteiger partial charge on any atom is 0.435 e. The lowest BCUT2D eigenvalue weighted by Crippen LogP contribution is -2.47. The third-order valence-corrected chi connectivity index (χ3v) is 8.91. The molecule has 0 bridgehead atoms. The van der Waals surface area contributed by atoms with E-state index in [0.717, 1.165) is 62.4 Å². The van der Waals surface area contributed by atoms with Crippen molar-refractivity contribution in [1.29, 1.82) is 0 Å². The molecule has 1 aromatic heterocycles. The Bertz CT molecular complexity index is 778. The molecule has 0 radical (unpaired) electrons. The van der Waals surface area contributed by atoms with Crippen molar-refractivity contribution in [3.63, 3.8) is 0 Å². The number of likely N-dealkylation sites (tertiary alicyclic amines) is 1. The Kier molecular flexibility index (Phi) is 5.64. The highest BCUT2D eigenvalue weighted by Crippen LogP contribution is 2.46. The summed E-state index contributed by atoms with van der Waals surface area (Å²) in [6.07, 6.45) is 0.833. The fourth-order valence-electron chi connectivity index (χ4n) is 5.86. The van der Waals surface area contributed by atoms with E-state index < -0.39 is 22.7 Å². The molecule has 4 nitrogen and oxygen atoms in total. The molecule has 3 heterocycles. The van der Waals surface area contributed by atoms with Gasteiger partial charge in [-0.2, -0.15) is 18.3 Å². The van der Waals surface area contributed by atoms with Gasteiger partial charge in [0.05, 0.1) is 0 Å². The van der Waals surface area contributed by atoms with Gasteiger partial charge in [0.25, 0.3) is 0 Å². The smallest absolute Gasteiger partial charge is 0.300 e. The minimum absolute atomic E-state index is 0.0981. The zero-order chi connectivity index (χ0) is 21.0. The van der Waals surface area contributed by atoms with Gasteiger partial charge in [-0.3, -0.25) is 13.8 Å². The summed E-state index contributed by atoms with van der Waals surface area (Å²) in [7, 11) is -0.679. The van der Waals surface area contributed by atoms with Crippen LogP contribution >= 0.6 is 0 Å². The number of hydrogen-bond donors (Lipinski definition) is 0. The molecule has 2 aliphatic heterocycles. The highest BCUT2D eigenvalue weighted by Gasteiger charge is 2.46. The highest BCUT2D eigenvalue weighted by molar-refractivity contribution is 7.85. The van der Waals surface area contributed by atoms with E-state index >= 15 is 0 Å². The fourth-order valence-corrected chi connectivity index (χ4v) is 7.73. The van der Waals surface area contributed by atoms with Crippen molar-refractivity contribution >= 4 is 10.8 Å². The van der Waals surface area contributed by atoms with Crippen LogP contribution in [0.3, 0.4) is 0 Å². The maximum atomic E-state index is 13.3. The zero-order valence-electron chi connectivity index (χ0n) is 17.5. The number of alkyl halides is 3. The second-order valence-corrected chi connectivity index (χ2v) is 11.4. The quantitative estimate of drug-likeness (QED) is 0.702. The van der Waals surface area contributed by atoms with Crippen molar-refractivity contribution in [2.45, 2.75) is 77.1 Å². The molecule has 1 aliphatic carbocycles. The van der Waals surface area contributed by atoms with Crippen molar-refractivity contribution in [2.24, 2.45) is 11.3 Å². The summed E-state index contributed by atoms with van der Waals surface area (Å²) in [4.78, 5) is 2.56. The molecule has 0 amide bonds. The van der Waals surface area contributed by atoms with Gasteiger partial charge in [-0.1, -0.05) is 6.92 Å². The minimum Gasteiger partial charge on any atom is -0.300 e. The molecule has 1 saturated carbocycles. The summed E-state index contributed by atoms with van der Waals surface area (Å²) in [5.74, 6) is 2.07. The third kappa shape index (κ3) is 4.16. The molecule has 8 heteroatoms. The lowest BCUT2D eigenvalue weighted by molar-refractivity contribution is -0.141. The number of halogens is 3. The standard InChI is InChI=1S/C21H32F3N3OS/c1-14(2)27-18(11-19(25-27)21(22,23)24)17-10-16(9-15(17)3)26-7-4-5-20(12-26)6-8-29(28)13-20/h11,14-17H,4-10,12-13H2,1-3H3/t15?,16?,17-,20-,29?/m1/s1. The molecule has 29 heavy (non-hydrogen) atoms. The van der Waals surface area contributed by atoms with Crippen LogP contribution in [0.5, 0.6) is 0 Å². The topological polar surface area (TPSA) is 38.1 Å². The first kappa shape index (κ1) is 21.3. The van der Waals surface area contributed by atoms with Gasteiger partial charge >= 0.3 is 6.18 Å². The Labute approximate surface area is 173 Å². The van der Waals surface area contributed by atoms with Crippen LogP contribution < -0.4 is 0 Å². The number of aromatic nitrogens is 2. The normalized spacial score (nSPS) is 36.5. The molecule has 1 aromatic rings. The van der Waals surface area contributed by atoms with E-state index in [1.165, 1.54) is 6.07 Å². The van der Waals surface area contributed by atoms with Gasteiger partial charge in [0.2, 0.25) is 0 Å². The summed E-state index contributed by atoms with van der Waals surface area (Å²) in [6, 6.07) is 1.58. The summed E-state index contributed by atoms with van der Waals surface area (Å²) < 4.78 is 53.5. The Balaban J connectivity index is 1.53. The van der Waals surface area contributed by atoms with E-state index in [9.17, 15) is 17.4 Å². The second-order valence-electron chi connectivity index (χ2n) is 9.81. The summed E-state index contributed by atoms with van der Waals surface area (Å²) in [5, 5.41) is 3.91. The molecule has 5 atom stereocenters. The Morgan fingerprint density at radius 2 is 2.03 bits per heavy atom. The van der Waals surface area contributed by atoms with Crippen LogP contribution in [0.1, 0.15) is 76.2 Å². The van der Waals surface area contributed by atoms with Crippen molar-refractivity contribution in [3.05, 3.63) is 17.5 Å². The van der Waals surface area contributed by atoms with Crippen LogP contribution in [-0.2, 0) is 17.0 Å². The van der Waals surface area contributed by atoms with Gasteiger partial charge in [-0.15, -0.1) is 0 Å². The van der Waals surface area contributed by atoms with Crippen LogP contribution in [0.4, 0.5) is 13.2 Å². The molecular weight excluding hydrogens is 399 g/mol. The molecule has 4 rings (SSSR count). The zero-order valence-corrected chi connectivity index (χ0v) is 18.4. The maximum absolute atomic E-state index is 13.3. The van der Waals surface area contributed by atoms with Gasteiger partial charge in [0.15, 0.2) is 5.69 Å². The first-order valence-corrected chi connectivity index (χ1v) is 12.3. The van der Waals surface area contributed by atoms with Gasteiger partial charge < -0.3 is 0 Å². The SMILES string of the molecule is CC1CC(N2CCC[C@@]3(CCS(=O)C3)C2)C[C@H]1c1cc(C(F)(F)F)nn1C(C)C. The van der Waals surface area contributed by atoms with Crippen LogP contribution in [0.15, 0.2) is 6.07 Å². The lowest BCUT2D eigenvalue weighted by atomic mass is 9.79. The average Bonchev–Trinajstić information content (AvgIpc) is 3.32. The molecule has 3 aliphatic rings. The van der Waals surface area contributed by atoms with Gasteiger partial charge in [-0.25, -0.2) is 0 Å². The monoisotopic (exact) mass is 431 g/mol. The number of piperidine rings is 1. The first-order valence-electron chi connectivity index (χ1n) is 10.8. The molecule has 2 saturated heterocycles. The van der Waals surface area contributed by atoms with Crippen molar-refractivity contribution in [2.75, 3.05) is 24.6 Å². The summed E-state index contributed by atoms with van der Waals surface area (Å²) in [6.45, 7) is 8.00. The molecule has 1 spiro atoms. The van der Waals surface area contributed by atoms with Gasteiger partial charge in [-0.05, 0) is 69.9 Å². The summed E-state index contributed by atoms with van der Waals surface area (Å²) in [5.41, 5.74) is 0.159. The van der Waals surface area contributed by atoms with E-state index in [1.54, 1.807) is 4.68 Å². The average molecular weight is 432 g/mol. The lowest BCUT2D eigenvalue weighted by Gasteiger charge is -2.43. The van der Waals surface area contributed by atoms with Crippen molar-refractivity contribution in [1.82, 2.24) is 14.7 Å². The third-order valence-electron chi connectivity index (χ3n) is 7.32. The Morgan fingerprint density at radius 1 is 1.28 bits per heavy atom. The van der Waals surface area contributed by atoms with E-state index in [0.29, 0.717) is 12.0 Å². The molecule has 0 aromatic carbocycles. The van der Waals surface area contributed by atoms with E-state index in [4.69, 9.17) is 0 Å². The van der Waals surface area contributed by atoms with E-state index in [2.05, 4.69) is 16.9 Å².